The molecule has 2 heterocycles. The predicted octanol–water partition coefficient (Wildman–Crippen LogP) is 7.46. The molecule has 1 aliphatic carbocycles. The average Bonchev–Trinajstić information content (AvgIpc) is 3.35. The number of benzene rings is 1. The standard InChI is InChI=1S/C28H31ClF2N2O5/c1-15-5-6-17(20(29)11-15)12-19(34)13-18(9-10-23(35)36)26-24(16-7-8-16)25(33-38-26)21-14-22(37-32-21)28(30,31)27(2,3)4/h5-6,11,14,16,18H,7-10,12-13H2,1-4H3,(H,35,36)/t18-/m1/s1. The molecule has 2 aromatic heterocycles. The zero-order valence-electron chi connectivity index (χ0n) is 21.8. The van der Waals surface area contributed by atoms with Crippen molar-refractivity contribution in [2.75, 3.05) is 0 Å². The van der Waals surface area contributed by atoms with Gasteiger partial charge < -0.3 is 14.2 Å². The Morgan fingerprint density at radius 3 is 2.47 bits per heavy atom. The highest BCUT2D eigenvalue weighted by Gasteiger charge is 2.48. The first kappa shape index (κ1) is 28.0. The SMILES string of the molecule is Cc1ccc(CC(=O)C[C@@H](CCC(=O)O)c2onc(-c3cc(C(F)(F)C(C)(C)C)on3)c2C2CC2)c(Cl)c1. The minimum absolute atomic E-state index is 0.0258. The molecule has 38 heavy (non-hydrogen) atoms. The second-order valence-electron chi connectivity index (χ2n) is 11.1. The molecular formula is C28H31ClF2N2O5. The number of carbonyl (C=O) groups is 2. The van der Waals surface area contributed by atoms with Crippen LogP contribution in [0.1, 0.15) is 92.9 Å². The molecule has 0 aliphatic heterocycles. The summed E-state index contributed by atoms with van der Waals surface area (Å²) in [7, 11) is 0. The molecule has 1 aliphatic rings. The van der Waals surface area contributed by atoms with Crippen LogP contribution in [0.3, 0.4) is 0 Å². The van der Waals surface area contributed by atoms with Crippen molar-refractivity contribution in [1.82, 2.24) is 10.3 Å². The van der Waals surface area contributed by atoms with Crippen molar-refractivity contribution < 1.29 is 32.5 Å². The molecule has 10 heteroatoms. The van der Waals surface area contributed by atoms with E-state index in [0.29, 0.717) is 21.9 Å². The Kier molecular flexibility index (Phi) is 7.79. The number of aromatic nitrogens is 2. The number of carboxylic acids is 1. The maximum absolute atomic E-state index is 14.9. The van der Waals surface area contributed by atoms with Crippen LogP contribution in [-0.2, 0) is 21.9 Å². The average molecular weight is 549 g/mol. The third-order valence-electron chi connectivity index (χ3n) is 6.89. The Morgan fingerprint density at radius 1 is 1.16 bits per heavy atom. The molecule has 7 nitrogen and oxygen atoms in total. The normalized spacial score (nSPS) is 15.0. The van der Waals surface area contributed by atoms with Crippen LogP contribution in [0, 0.1) is 12.3 Å². The Balaban J connectivity index is 1.64. The molecule has 1 saturated carbocycles. The summed E-state index contributed by atoms with van der Waals surface area (Å²) in [5.74, 6) is -5.05. The van der Waals surface area contributed by atoms with Gasteiger partial charge in [-0.1, -0.05) is 54.8 Å². The molecule has 3 aromatic rings. The second kappa shape index (κ2) is 10.6. The van der Waals surface area contributed by atoms with Gasteiger partial charge >= 0.3 is 11.9 Å². The third-order valence-corrected chi connectivity index (χ3v) is 7.25. The number of hydrogen-bond acceptors (Lipinski definition) is 6. The smallest absolute Gasteiger partial charge is 0.312 e. The molecule has 0 bridgehead atoms. The number of hydrogen-bond donors (Lipinski definition) is 1. The van der Waals surface area contributed by atoms with Gasteiger partial charge in [-0.05, 0) is 49.3 Å². The van der Waals surface area contributed by atoms with Crippen LogP contribution >= 0.6 is 11.6 Å². The first-order valence-corrected chi connectivity index (χ1v) is 13.0. The fourth-order valence-corrected chi connectivity index (χ4v) is 4.74. The maximum atomic E-state index is 14.9. The molecule has 1 aromatic carbocycles. The molecule has 0 amide bonds. The fourth-order valence-electron chi connectivity index (χ4n) is 4.44. The quantitative estimate of drug-likeness (QED) is 0.265. The van der Waals surface area contributed by atoms with Gasteiger partial charge in [-0.25, -0.2) is 0 Å². The van der Waals surface area contributed by atoms with Crippen LogP contribution in [-0.4, -0.2) is 27.2 Å². The van der Waals surface area contributed by atoms with Crippen molar-refractivity contribution in [2.45, 2.75) is 84.0 Å². The van der Waals surface area contributed by atoms with Gasteiger partial charge in [0, 0.05) is 47.2 Å². The molecular weight excluding hydrogens is 518 g/mol. The van der Waals surface area contributed by atoms with E-state index in [-0.39, 0.29) is 48.8 Å². The van der Waals surface area contributed by atoms with Gasteiger partial charge in [0.05, 0.1) is 0 Å². The van der Waals surface area contributed by atoms with Crippen LogP contribution in [0.15, 0.2) is 33.3 Å². The van der Waals surface area contributed by atoms with Crippen LogP contribution in [0.25, 0.3) is 11.4 Å². The van der Waals surface area contributed by atoms with E-state index < -0.39 is 29.0 Å². The first-order valence-electron chi connectivity index (χ1n) is 12.6. The summed E-state index contributed by atoms with van der Waals surface area (Å²) in [6, 6.07) is 6.64. The van der Waals surface area contributed by atoms with Gasteiger partial charge in [-0.2, -0.15) is 8.78 Å². The van der Waals surface area contributed by atoms with Crippen molar-refractivity contribution in [3.05, 3.63) is 57.5 Å². The largest absolute Gasteiger partial charge is 0.481 e. The molecule has 0 spiro atoms. The van der Waals surface area contributed by atoms with Crippen molar-refractivity contribution >= 4 is 23.4 Å². The van der Waals surface area contributed by atoms with Gasteiger partial charge in [-0.3, -0.25) is 9.59 Å². The molecule has 1 atom stereocenters. The highest BCUT2D eigenvalue weighted by atomic mass is 35.5. The van der Waals surface area contributed by atoms with E-state index >= 15 is 0 Å². The lowest BCUT2D eigenvalue weighted by Crippen LogP contribution is -2.30. The lowest BCUT2D eigenvalue weighted by atomic mass is 9.86. The predicted molar refractivity (Wildman–Crippen MR) is 136 cm³/mol. The lowest BCUT2D eigenvalue weighted by Gasteiger charge is -2.27. The van der Waals surface area contributed by atoms with Gasteiger partial charge in [0.25, 0.3) is 0 Å². The minimum Gasteiger partial charge on any atom is -0.481 e. The number of nitrogens with zero attached hydrogens (tertiary/aromatic N) is 2. The van der Waals surface area contributed by atoms with Crippen LogP contribution in [0.5, 0.6) is 0 Å². The summed E-state index contributed by atoms with van der Waals surface area (Å²) in [5, 5.41) is 17.8. The summed E-state index contributed by atoms with van der Waals surface area (Å²) in [6.07, 6.45) is 1.78. The number of alkyl halides is 2. The highest BCUT2D eigenvalue weighted by Crippen LogP contribution is 2.50. The number of Topliss-reactive ketones (excluding diaryl/α,β-unsaturated/α-hetero) is 1. The Labute approximate surface area is 224 Å². The third kappa shape index (κ3) is 5.98. The van der Waals surface area contributed by atoms with E-state index in [1.165, 1.54) is 26.8 Å². The summed E-state index contributed by atoms with van der Waals surface area (Å²) >= 11 is 6.31. The highest BCUT2D eigenvalue weighted by molar-refractivity contribution is 6.31. The molecule has 1 N–H and O–H groups in total. The van der Waals surface area contributed by atoms with E-state index in [4.69, 9.17) is 20.6 Å². The summed E-state index contributed by atoms with van der Waals surface area (Å²) < 4.78 is 40.5. The van der Waals surface area contributed by atoms with E-state index in [1.807, 2.05) is 13.0 Å². The summed E-state index contributed by atoms with van der Waals surface area (Å²) in [6.45, 7) is 6.13. The number of aliphatic carboxylic acids is 1. The van der Waals surface area contributed by atoms with Crippen molar-refractivity contribution in [3.63, 3.8) is 0 Å². The summed E-state index contributed by atoms with van der Waals surface area (Å²) in [4.78, 5) is 24.5. The number of halogens is 3. The number of ketones is 1. The zero-order valence-corrected chi connectivity index (χ0v) is 22.6. The number of carbonyl (C=O) groups excluding carboxylic acids is 1. The van der Waals surface area contributed by atoms with Crippen molar-refractivity contribution in [1.29, 1.82) is 0 Å². The zero-order chi connectivity index (χ0) is 27.8. The number of carboxylic acid groups (broad SMARTS) is 1. The molecule has 4 rings (SSSR count). The van der Waals surface area contributed by atoms with E-state index in [2.05, 4.69) is 10.3 Å². The Hall–Kier alpha value is -3.07. The van der Waals surface area contributed by atoms with Crippen molar-refractivity contribution in [3.8, 4) is 11.4 Å². The molecule has 0 saturated heterocycles. The maximum Gasteiger partial charge on any atom is 0.312 e. The molecule has 0 radical (unpaired) electrons. The van der Waals surface area contributed by atoms with E-state index in [0.717, 1.165) is 18.4 Å². The van der Waals surface area contributed by atoms with Gasteiger partial charge in [0.1, 0.15) is 22.9 Å². The van der Waals surface area contributed by atoms with E-state index in [1.54, 1.807) is 12.1 Å². The van der Waals surface area contributed by atoms with Gasteiger partial charge in [-0.15, -0.1) is 0 Å². The van der Waals surface area contributed by atoms with Crippen molar-refractivity contribution in [2.24, 2.45) is 5.41 Å². The van der Waals surface area contributed by atoms with E-state index in [9.17, 15) is 23.5 Å². The minimum atomic E-state index is -3.27. The second-order valence-corrected chi connectivity index (χ2v) is 11.5. The van der Waals surface area contributed by atoms with Crippen LogP contribution < -0.4 is 0 Å². The Morgan fingerprint density at radius 2 is 1.87 bits per heavy atom. The molecule has 204 valence electrons. The summed E-state index contributed by atoms with van der Waals surface area (Å²) in [5.41, 5.74) is 1.37. The fraction of sp³-hybridized carbons (Fsp3) is 0.500. The van der Waals surface area contributed by atoms with Crippen LogP contribution in [0.2, 0.25) is 5.02 Å². The number of aryl methyl sites for hydroxylation is 1. The molecule has 1 fully saturated rings. The monoisotopic (exact) mass is 548 g/mol. The number of rotatable bonds is 11. The topological polar surface area (TPSA) is 106 Å². The van der Waals surface area contributed by atoms with Gasteiger partial charge in [0.15, 0.2) is 0 Å². The van der Waals surface area contributed by atoms with Gasteiger partial charge in [0.2, 0.25) is 5.76 Å². The molecule has 0 unspecified atom stereocenters. The first-order chi connectivity index (χ1) is 17.8. The Bertz CT molecular complexity index is 1340. The lowest BCUT2D eigenvalue weighted by molar-refractivity contribution is -0.137. The van der Waals surface area contributed by atoms with Crippen LogP contribution in [0.4, 0.5) is 8.78 Å².